The summed E-state index contributed by atoms with van der Waals surface area (Å²) < 4.78 is 11.1. The molecule has 0 atom stereocenters. The Bertz CT molecular complexity index is 1190. The summed E-state index contributed by atoms with van der Waals surface area (Å²) in [5.74, 6) is -0.261. The van der Waals surface area contributed by atoms with E-state index in [-0.39, 0.29) is 17.7 Å². The highest BCUT2D eigenvalue weighted by molar-refractivity contribution is 6.09. The molecule has 3 aromatic rings. The van der Waals surface area contributed by atoms with E-state index in [0.29, 0.717) is 29.4 Å². The van der Waals surface area contributed by atoms with Crippen LogP contribution in [0.25, 0.3) is 6.08 Å². The van der Waals surface area contributed by atoms with Crippen LogP contribution < -0.4 is 14.8 Å². The van der Waals surface area contributed by atoms with Gasteiger partial charge in [0.25, 0.3) is 5.91 Å². The Morgan fingerprint density at radius 3 is 2.36 bits per heavy atom. The summed E-state index contributed by atoms with van der Waals surface area (Å²) in [5, 5.41) is 21.1. The smallest absolute Gasteiger partial charge is 0.335 e. The van der Waals surface area contributed by atoms with E-state index in [0.717, 1.165) is 5.56 Å². The lowest BCUT2D eigenvalue weighted by Gasteiger charge is -2.08. The second-order valence-corrected chi connectivity index (χ2v) is 6.94. The summed E-state index contributed by atoms with van der Waals surface area (Å²) >= 11 is 0. The predicted molar refractivity (Wildman–Crippen MR) is 124 cm³/mol. The molecule has 0 bridgehead atoms. The van der Waals surface area contributed by atoms with Crippen LogP contribution >= 0.6 is 0 Å². The Labute approximate surface area is 191 Å². The van der Waals surface area contributed by atoms with Gasteiger partial charge in [0, 0.05) is 11.8 Å². The third kappa shape index (κ3) is 6.71. The van der Waals surface area contributed by atoms with E-state index < -0.39 is 11.9 Å². The van der Waals surface area contributed by atoms with Crippen LogP contribution in [-0.4, -0.2) is 23.6 Å². The molecule has 0 aliphatic rings. The normalized spacial score (nSPS) is 10.7. The van der Waals surface area contributed by atoms with Gasteiger partial charge in [-0.1, -0.05) is 30.3 Å². The first-order valence-corrected chi connectivity index (χ1v) is 10.2. The second kappa shape index (κ2) is 11.2. The highest BCUT2D eigenvalue weighted by Crippen LogP contribution is 2.19. The molecule has 3 aromatic carbocycles. The fraction of sp³-hybridized carbons (Fsp3) is 0.115. The van der Waals surface area contributed by atoms with Crippen LogP contribution in [0.15, 0.2) is 78.4 Å². The molecular formula is C26H22N2O5. The van der Waals surface area contributed by atoms with Crippen molar-refractivity contribution in [3.8, 4) is 17.6 Å². The number of carbonyl (C=O) groups excluding carboxylic acids is 1. The first-order chi connectivity index (χ1) is 16.0. The number of anilines is 1. The molecular weight excluding hydrogens is 420 g/mol. The van der Waals surface area contributed by atoms with Gasteiger partial charge in [0.15, 0.2) is 0 Å². The maximum Gasteiger partial charge on any atom is 0.335 e. The lowest BCUT2D eigenvalue weighted by molar-refractivity contribution is -0.112. The van der Waals surface area contributed by atoms with Crippen LogP contribution in [0.2, 0.25) is 0 Å². The summed E-state index contributed by atoms with van der Waals surface area (Å²) in [5.41, 5.74) is 2.22. The summed E-state index contributed by atoms with van der Waals surface area (Å²) in [6.07, 6.45) is 1.50. The molecule has 0 spiro atoms. The van der Waals surface area contributed by atoms with E-state index in [9.17, 15) is 14.9 Å². The van der Waals surface area contributed by atoms with Gasteiger partial charge >= 0.3 is 5.97 Å². The minimum absolute atomic E-state index is 0.0380. The Kier molecular flexibility index (Phi) is 7.81. The summed E-state index contributed by atoms with van der Waals surface area (Å²) in [4.78, 5) is 23.4. The molecule has 7 heteroatoms. The Hall–Kier alpha value is -4.57. The van der Waals surface area contributed by atoms with Crippen LogP contribution in [-0.2, 0) is 11.4 Å². The average Bonchev–Trinajstić information content (AvgIpc) is 2.82. The van der Waals surface area contributed by atoms with Gasteiger partial charge in [-0.25, -0.2) is 4.79 Å². The number of aromatic carboxylic acids is 1. The first kappa shape index (κ1) is 23.1. The van der Waals surface area contributed by atoms with Crippen molar-refractivity contribution in [3.63, 3.8) is 0 Å². The van der Waals surface area contributed by atoms with Crippen molar-refractivity contribution in [2.24, 2.45) is 0 Å². The highest BCUT2D eigenvalue weighted by Gasteiger charge is 2.10. The number of nitrogens with zero attached hydrogens (tertiary/aromatic N) is 1. The van der Waals surface area contributed by atoms with E-state index in [1.54, 1.807) is 60.7 Å². The average molecular weight is 442 g/mol. The number of hydrogen-bond donors (Lipinski definition) is 2. The van der Waals surface area contributed by atoms with Crippen LogP contribution in [0.1, 0.15) is 28.4 Å². The van der Waals surface area contributed by atoms with Crippen molar-refractivity contribution < 1.29 is 24.2 Å². The lowest BCUT2D eigenvalue weighted by atomic mass is 10.1. The number of carbonyl (C=O) groups is 2. The molecule has 0 fully saturated rings. The van der Waals surface area contributed by atoms with E-state index >= 15 is 0 Å². The molecule has 0 radical (unpaired) electrons. The van der Waals surface area contributed by atoms with Crippen LogP contribution in [0, 0.1) is 11.3 Å². The number of carboxylic acid groups (broad SMARTS) is 1. The number of nitriles is 1. The number of hydrogen-bond acceptors (Lipinski definition) is 5. The van der Waals surface area contributed by atoms with E-state index in [4.69, 9.17) is 14.6 Å². The maximum atomic E-state index is 12.5. The number of carboxylic acids is 1. The zero-order valence-corrected chi connectivity index (χ0v) is 17.9. The van der Waals surface area contributed by atoms with Gasteiger partial charge in [-0.3, -0.25) is 4.79 Å². The van der Waals surface area contributed by atoms with E-state index in [2.05, 4.69) is 5.32 Å². The molecule has 0 aromatic heterocycles. The minimum atomic E-state index is -0.976. The molecule has 0 saturated carbocycles. The SMILES string of the molecule is CCOc1cccc(NC(=O)/C(C#N)=C\c2ccc(OCc3ccc(C(=O)O)cc3)cc2)c1. The van der Waals surface area contributed by atoms with Gasteiger partial charge in [0.05, 0.1) is 12.2 Å². The third-order valence-corrected chi connectivity index (χ3v) is 4.57. The van der Waals surface area contributed by atoms with Crippen molar-refractivity contribution in [3.05, 3.63) is 95.1 Å². The fourth-order valence-electron chi connectivity index (χ4n) is 2.91. The van der Waals surface area contributed by atoms with Gasteiger partial charge < -0.3 is 19.9 Å². The van der Waals surface area contributed by atoms with Crippen molar-refractivity contribution in [1.82, 2.24) is 0 Å². The molecule has 0 unspecified atom stereocenters. The number of ether oxygens (including phenoxy) is 2. The van der Waals surface area contributed by atoms with Crippen molar-refractivity contribution in [2.75, 3.05) is 11.9 Å². The molecule has 33 heavy (non-hydrogen) atoms. The van der Waals surface area contributed by atoms with Crippen LogP contribution in [0.3, 0.4) is 0 Å². The zero-order valence-electron chi connectivity index (χ0n) is 17.9. The fourth-order valence-corrected chi connectivity index (χ4v) is 2.91. The molecule has 0 heterocycles. The predicted octanol–water partition coefficient (Wildman–Crippen LogP) is 4.91. The van der Waals surface area contributed by atoms with Gasteiger partial charge in [-0.2, -0.15) is 5.26 Å². The first-order valence-electron chi connectivity index (χ1n) is 10.2. The summed E-state index contributed by atoms with van der Waals surface area (Å²) in [6, 6.07) is 22.3. The number of amides is 1. The second-order valence-electron chi connectivity index (χ2n) is 6.94. The van der Waals surface area contributed by atoms with Gasteiger partial charge in [0.2, 0.25) is 0 Å². The third-order valence-electron chi connectivity index (χ3n) is 4.57. The Balaban J connectivity index is 1.62. The molecule has 1 amide bonds. The Morgan fingerprint density at radius 1 is 1.00 bits per heavy atom. The van der Waals surface area contributed by atoms with Gasteiger partial charge in [-0.05, 0) is 60.5 Å². The van der Waals surface area contributed by atoms with Crippen molar-refractivity contribution in [2.45, 2.75) is 13.5 Å². The van der Waals surface area contributed by atoms with E-state index in [1.807, 2.05) is 13.0 Å². The lowest BCUT2D eigenvalue weighted by Crippen LogP contribution is -2.13. The molecule has 0 aliphatic carbocycles. The van der Waals surface area contributed by atoms with Crippen molar-refractivity contribution >= 4 is 23.6 Å². The number of nitrogens with one attached hydrogen (secondary N) is 1. The van der Waals surface area contributed by atoms with Gasteiger partial charge in [0.1, 0.15) is 29.7 Å². The van der Waals surface area contributed by atoms with Crippen LogP contribution in [0.5, 0.6) is 11.5 Å². The summed E-state index contributed by atoms with van der Waals surface area (Å²) in [6.45, 7) is 2.66. The topological polar surface area (TPSA) is 109 Å². The quantitative estimate of drug-likeness (QED) is 0.360. The standard InChI is InChI=1S/C26H22N2O5/c1-2-32-24-5-3-4-22(15-24)28-25(29)21(16-27)14-18-8-12-23(13-9-18)33-17-19-6-10-20(11-7-19)26(30)31/h3-15H,2,17H2,1H3,(H,28,29)(H,30,31)/b21-14-. The van der Waals surface area contributed by atoms with Crippen molar-refractivity contribution in [1.29, 1.82) is 5.26 Å². The maximum absolute atomic E-state index is 12.5. The molecule has 166 valence electrons. The largest absolute Gasteiger partial charge is 0.494 e. The minimum Gasteiger partial charge on any atom is -0.494 e. The zero-order chi connectivity index (χ0) is 23.6. The number of rotatable bonds is 9. The molecule has 0 saturated heterocycles. The highest BCUT2D eigenvalue weighted by atomic mass is 16.5. The molecule has 2 N–H and O–H groups in total. The van der Waals surface area contributed by atoms with E-state index in [1.165, 1.54) is 18.2 Å². The van der Waals surface area contributed by atoms with Crippen LogP contribution in [0.4, 0.5) is 5.69 Å². The molecule has 3 rings (SSSR count). The monoisotopic (exact) mass is 442 g/mol. The van der Waals surface area contributed by atoms with Gasteiger partial charge in [-0.15, -0.1) is 0 Å². The molecule has 7 nitrogen and oxygen atoms in total. The summed E-state index contributed by atoms with van der Waals surface area (Å²) in [7, 11) is 0. The Morgan fingerprint density at radius 2 is 1.73 bits per heavy atom. The number of benzene rings is 3. The molecule has 0 aliphatic heterocycles.